The van der Waals surface area contributed by atoms with Crippen LogP contribution in [-0.4, -0.2) is 55.0 Å². The van der Waals surface area contributed by atoms with Crippen LogP contribution in [0.1, 0.15) is 28.7 Å². The normalized spacial score (nSPS) is 11.7. The Balaban J connectivity index is 3.20. The number of carbonyl (C=O) groups excluding carboxylic acids is 1. The first-order valence-corrected chi connectivity index (χ1v) is 7.61. The minimum Gasteiger partial charge on any atom is -0.477 e. The van der Waals surface area contributed by atoms with E-state index in [1.807, 2.05) is 0 Å². The second-order valence-electron chi connectivity index (χ2n) is 4.45. The number of nitrogens with zero attached hydrogens (tertiary/aromatic N) is 1. The van der Waals surface area contributed by atoms with Gasteiger partial charge in [-0.15, -0.1) is 0 Å². The van der Waals surface area contributed by atoms with Gasteiger partial charge in [0, 0.05) is 18.3 Å². The number of hydrogen-bond acceptors (Lipinski definition) is 5. The van der Waals surface area contributed by atoms with E-state index in [-0.39, 0.29) is 28.5 Å². The van der Waals surface area contributed by atoms with Gasteiger partial charge in [-0.1, -0.05) is 0 Å². The van der Waals surface area contributed by atoms with Crippen molar-refractivity contribution in [2.45, 2.75) is 25.7 Å². The van der Waals surface area contributed by atoms with Crippen LogP contribution in [0.2, 0.25) is 0 Å². The summed E-state index contributed by atoms with van der Waals surface area (Å²) < 4.78 is 30.4. The minimum atomic E-state index is -3.99. The molecule has 8 nitrogen and oxygen atoms in total. The van der Waals surface area contributed by atoms with Crippen molar-refractivity contribution in [2.24, 2.45) is 0 Å². The average Bonchev–Trinajstić information content (AvgIpc) is 2.65. The van der Waals surface area contributed by atoms with Gasteiger partial charge < -0.3 is 14.8 Å². The smallest absolute Gasteiger partial charge is 0.352 e. The van der Waals surface area contributed by atoms with Gasteiger partial charge in [0.05, 0.1) is 6.61 Å². The largest absolute Gasteiger partial charge is 0.477 e. The number of likely N-dealkylation sites (N-methyl/N-ethyl adjacent to an activating group) is 1. The lowest BCUT2D eigenvalue weighted by Gasteiger charge is -2.16. The third-order valence-corrected chi connectivity index (χ3v) is 4.99. The topological polar surface area (TPSA) is 117 Å². The third kappa shape index (κ3) is 3.42. The molecule has 0 aliphatic heterocycles. The summed E-state index contributed by atoms with van der Waals surface area (Å²) in [7, 11) is -2.75. The van der Waals surface area contributed by atoms with Crippen LogP contribution >= 0.6 is 0 Å². The first-order chi connectivity index (χ1) is 9.62. The second kappa shape index (κ2) is 6.27. The van der Waals surface area contributed by atoms with Crippen LogP contribution in [0.5, 0.6) is 0 Å². The molecule has 0 aliphatic carbocycles. The molecule has 118 valence electrons. The molecule has 0 fully saturated rings. The van der Waals surface area contributed by atoms with Gasteiger partial charge in [-0.05, 0) is 20.8 Å². The van der Waals surface area contributed by atoms with E-state index in [1.54, 1.807) is 6.92 Å². The third-order valence-electron chi connectivity index (χ3n) is 2.91. The van der Waals surface area contributed by atoms with Crippen LogP contribution < -0.4 is 0 Å². The summed E-state index contributed by atoms with van der Waals surface area (Å²) in [5.74, 6) is -1.92. The van der Waals surface area contributed by atoms with Gasteiger partial charge in [-0.3, -0.25) is 4.79 Å². The first-order valence-electron chi connectivity index (χ1n) is 6.17. The molecule has 0 spiro atoms. The number of esters is 1. The number of aromatic nitrogens is 1. The molecule has 9 heteroatoms. The van der Waals surface area contributed by atoms with Crippen LogP contribution in [-0.2, 0) is 19.6 Å². The number of ether oxygens (including phenoxy) is 1. The van der Waals surface area contributed by atoms with Crippen molar-refractivity contribution in [3.63, 3.8) is 0 Å². The summed E-state index contributed by atoms with van der Waals surface area (Å²) in [4.78, 5) is 24.8. The number of carboxylic acids is 1. The number of aromatic carboxylic acids is 1. The number of sulfonamides is 1. The Labute approximate surface area is 122 Å². The molecule has 0 amide bonds. The molecule has 0 aromatic carbocycles. The van der Waals surface area contributed by atoms with Crippen LogP contribution in [0.15, 0.2) is 4.90 Å². The zero-order valence-electron chi connectivity index (χ0n) is 12.3. The van der Waals surface area contributed by atoms with Crippen molar-refractivity contribution in [3.8, 4) is 0 Å². The fraction of sp³-hybridized carbons (Fsp3) is 0.500. The summed E-state index contributed by atoms with van der Waals surface area (Å²) in [6, 6.07) is 0. The van der Waals surface area contributed by atoms with Crippen molar-refractivity contribution < 1.29 is 27.9 Å². The number of carboxylic acid groups (broad SMARTS) is 1. The lowest BCUT2D eigenvalue weighted by molar-refractivity contribution is -0.143. The van der Waals surface area contributed by atoms with E-state index in [9.17, 15) is 18.0 Å². The number of rotatable bonds is 6. The highest BCUT2D eigenvalue weighted by Gasteiger charge is 2.30. The molecular weight excluding hydrogens is 300 g/mol. The highest BCUT2D eigenvalue weighted by Crippen LogP contribution is 2.25. The molecule has 0 atom stereocenters. The van der Waals surface area contributed by atoms with Gasteiger partial charge >= 0.3 is 11.9 Å². The lowest BCUT2D eigenvalue weighted by Crippen LogP contribution is -2.33. The quantitative estimate of drug-likeness (QED) is 0.738. The molecule has 0 unspecified atom stereocenters. The Morgan fingerprint density at radius 1 is 1.33 bits per heavy atom. The van der Waals surface area contributed by atoms with Crippen molar-refractivity contribution in [1.82, 2.24) is 9.29 Å². The monoisotopic (exact) mass is 318 g/mol. The van der Waals surface area contributed by atoms with Crippen molar-refractivity contribution in [2.75, 3.05) is 20.2 Å². The van der Waals surface area contributed by atoms with Gasteiger partial charge in [-0.2, -0.15) is 4.31 Å². The maximum Gasteiger partial charge on any atom is 0.352 e. The van der Waals surface area contributed by atoms with E-state index in [0.29, 0.717) is 0 Å². The van der Waals surface area contributed by atoms with Crippen LogP contribution in [0.3, 0.4) is 0 Å². The molecule has 0 aliphatic rings. The predicted octanol–water partition coefficient (Wildman–Crippen LogP) is 0.513. The zero-order valence-corrected chi connectivity index (χ0v) is 13.1. The number of aromatic amines is 1. The summed E-state index contributed by atoms with van der Waals surface area (Å²) >= 11 is 0. The minimum absolute atomic E-state index is 0.107. The summed E-state index contributed by atoms with van der Waals surface area (Å²) in [6.07, 6.45) is 0. The van der Waals surface area contributed by atoms with E-state index < -0.39 is 28.5 Å². The average molecular weight is 318 g/mol. The van der Waals surface area contributed by atoms with Crippen LogP contribution in [0.25, 0.3) is 0 Å². The molecule has 0 bridgehead atoms. The molecule has 1 aromatic rings. The predicted molar refractivity (Wildman–Crippen MR) is 73.7 cm³/mol. The van der Waals surface area contributed by atoms with Crippen LogP contribution in [0.4, 0.5) is 0 Å². The Bertz CT molecular complexity index is 662. The maximum absolute atomic E-state index is 12.5. The number of aryl methyl sites for hydroxylation is 1. The fourth-order valence-corrected chi connectivity index (χ4v) is 3.48. The van der Waals surface area contributed by atoms with Gasteiger partial charge in [0.25, 0.3) is 0 Å². The van der Waals surface area contributed by atoms with E-state index in [4.69, 9.17) is 9.84 Å². The van der Waals surface area contributed by atoms with E-state index >= 15 is 0 Å². The maximum atomic E-state index is 12.5. The van der Waals surface area contributed by atoms with Crippen molar-refractivity contribution in [1.29, 1.82) is 0 Å². The van der Waals surface area contributed by atoms with Crippen LogP contribution in [0, 0.1) is 13.8 Å². The first kappa shape index (κ1) is 17.2. The van der Waals surface area contributed by atoms with E-state index in [1.165, 1.54) is 20.9 Å². The highest BCUT2D eigenvalue weighted by molar-refractivity contribution is 7.89. The molecule has 0 saturated heterocycles. The lowest BCUT2D eigenvalue weighted by atomic mass is 10.2. The Kier molecular flexibility index (Phi) is 5.13. The van der Waals surface area contributed by atoms with E-state index in [2.05, 4.69) is 4.98 Å². The van der Waals surface area contributed by atoms with E-state index in [0.717, 1.165) is 4.31 Å². The number of carbonyl (C=O) groups is 2. The number of nitrogens with one attached hydrogen (secondary N) is 1. The molecule has 1 rings (SSSR count). The SMILES string of the molecule is CCOC(=O)CN(C)S(=O)(=O)c1c(C)[nH]c(C(=O)O)c1C. The van der Waals surface area contributed by atoms with Gasteiger partial charge in [-0.25, -0.2) is 13.2 Å². The van der Waals surface area contributed by atoms with Crippen molar-refractivity contribution >= 4 is 22.0 Å². The Morgan fingerprint density at radius 3 is 2.33 bits per heavy atom. The summed E-state index contributed by atoms with van der Waals surface area (Å²) in [6.45, 7) is 4.19. The molecule has 2 N–H and O–H groups in total. The van der Waals surface area contributed by atoms with Gasteiger partial charge in [0.15, 0.2) is 0 Å². The van der Waals surface area contributed by atoms with Gasteiger partial charge in [0.2, 0.25) is 10.0 Å². The summed E-state index contributed by atoms with van der Waals surface area (Å²) in [5.41, 5.74) is 0.131. The van der Waals surface area contributed by atoms with Crippen molar-refractivity contribution in [3.05, 3.63) is 17.0 Å². The van der Waals surface area contributed by atoms with Gasteiger partial charge in [0.1, 0.15) is 17.1 Å². The second-order valence-corrected chi connectivity index (χ2v) is 6.43. The highest BCUT2D eigenvalue weighted by atomic mass is 32.2. The Morgan fingerprint density at radius 2 is 1.90 bits per heavy atom. The molecule has 0 saturated carbocycles. The molecular formula is C12H18N2O6S. The zero-order chi connectivity index (χ0) is 16.4. The molecule has 0 radical (unpaired) electrons. The summed E-state index contributed by atoms with van der Waals surface area (Å²) in [5, 5.41) is 9.01. The standard InChI is InChI=1S/C12H18N2O6S/c1-5-20-9(15)6-14(4)21(18,19)11-7(2)10(12(16)17)13-8(11)3/h13H,5-6H2,1-4H3,(H,16,17). The molecule has 1 heterocycles. The molecule has 21 heavy (non-hydrogen) atoms. The Hall–Kier alpha value is -1.87. The number of H-pyrrole nitrogens is 1. The number of hydrogen-bond donors (Lipinski definition) is 2. The molecule has 1 aromatic heterocycles. The fourth-order valence-electron chi connectivity index (χ4n) is 1.96.